The van der Waals surface area contributed by atoms with E-state index >= 15 is 0 Å². The molecule has 0 saturated carbocycles. The fourth-order valence-corrected chi connectivity index (χ4v) is 1.66. The summed E-state index contributed by atoms with van der Waals surface area (Å²) in [6.45, 7) is 1.66. The largest absolute Gasteiger partial charge is 0.361 e. The van der Waals surface area contributed by atoms with Crippen LogP contribution >= 0.6 is 27.5 Å². The summed E-state index contributed by atoms with van der Waals surface area (Å²) in [6.07, 6.45) is 2.83. The van der Waals surface area contributed by atoms with Crippen molar-refractivity contribution >= 4 is 39.1 Å². The zero-order chi connectivity index (χ0) is 12.4. The highest BCUT2D eigenvalue weighted by atomic mass is 79.9. The lowest BCUT2D eigenvalue weighted by Gasteiger charge is -2.04. The van der Waals surface area contributed by atoms with Gasteiger partial charge in [-0.2, -0.15) is 0 Å². The summed E-state index contributed by atoms with van der Waals surface area (Å²) < 4.78 is 5.42. The molecule has 0 fully saturated rings. The number of halogens is 2. The molecule has 1 amide bonds. The molecule has 0 aliphatic carbocycles. The Bertz CT molecular complexity index is 570. The van der Waals surface area contributed by atoms with Gasteiger partial charge >= 0.3 is 0 Å². The molecule has 0 aliphatic rings. The fourth-order valence-electron chi connectivity index (χ4n) is 1.20. The van der Waals surface area contributed by atoms with Gasteiger partial charge in [0.25, 0.3) is 5.91 Å². The van der Waals surface area contributed by atoms with Crippen molar-refractivity contribution in [2.45, 2.75) is 6.92 Å². The molecule has 0 radical (unpaired) electrons. The Balaban J connectivity index is 2.19. The number of hydrogen-bond donors (Lipinski definition) is 1. The summed E-state index contributed by atoms with van der Waals surface area (Å²) >= 11 is 8.97. The first-order valence-electron chi connectivity index (χ1n) is 4.61. The number of nitrogens with zero attached hydrogens (tertiary/aromatic N) is 2. The highest BCUT2D eigenvalue weighted by Crippen LogP contribution is 2.23. The lowest BCUT2D eigenvalue weighted by Crippen LogP contribution is -2.12. The molecular formula is C10H7BrClN3O2. The molecule has 0 unspecified atom stereocenters. The minimum Gasteiger partial charge on any atom is -0.361 e. The van der Waals surface area contributed by atoms with Crippen molar-refractivity contribution in [1.82, 2.24) is 10.1 Å². The first-order valence-corrected chi connectivity index (χ1v) is 5.78. The van der Waals surface area contributed by atoms with E-state index < -0.39 is 0 Å². The van der Waals surface area contributed by atoms with E-state index in [9.17, 15) is 4.79 Å². The van der Waals surface area contributed by atoms with Gasteiger partial charge in [-0.05, 0) is 28.9 Å². The van der Waals surface area contributed by atoms with E-state index in [2.05, 4.69) is 31.4 Å². The number of aromatic nitrogens is 2. The molecule has 1 N–H and O–H groups in total. The maximum absolute atomic E-state index is 11.8. The number of pyridine rings is 1. The van der Waals surface area contributed by atoms with Crippen LogP contribution in [0.1, 0.15) is 16.1 Å². The molecule has 2 aromatic heterocycles. The topological polar surface area (TPSA) is 68.0 Å². The van der Waals surface area contributed by atoms with Crippen molar-refractivity contribution in [1.29, 1.82) is 0 Å². The smallest absolute Gasteiger partial charge is 0.260 e. The van der Waals surface area contributed by atoms with Crippen LogP contribution in [0.3, 0.4) is 0 Å². The van der Waals surface area contributed by atoms with Crippen molar-refractivity contribution in [2.24, 2.45) is 0 Å². The number of anilines is 1. The Hall–Kier alpha value is -1.40. The van der Waals surface area contributed by atoms with Gasteiger partial charge in [-0.25, -0.2) is 4.98 Å². The minimum atomic E-state index is -0.306. The molecule has 5 nitrogen and oxygen atoms in total. The zero-order valence-corrected chi connectivity index (χ0v) is 11.0. The molecule has 0 spiro atoms. The Morgan fingerprint density at radius 3 is 2.88 bits per heavy atom. The molecule has 0 atom stereocenters. The van der Waals surface area contributed by atoms with Crippen molar-refractivity contribution in [2.75, 3.05) is 5.32 Å². The van der Waals surface area contributed by atoms with Gasteiger partial charge < -0.3 is 9.84 Å². The van der Waals surface area contributed by atoms with Crippen LogP contribution in [0.4, 0.5) is 5.69 Å². The molecule has 0 aromatic carbocycles. The van der Waals surface area contributed by atoms with E-state index in [0.29, 0.717) is 26.6 Å². The second-order valence-electron chi connectivity index (χ2n) is 3.25. The third-order valence-electron chi connectivity index (χ3n) is 2.05. The van der Waals surface area contributed by atoms with Crippen molar-refractivity contribution in [3.8, 4) is 0 Å². The predicted molar refractivity (Wildman–Crippen MR) is 66.1 cm³/mol. The normalized spacial score (nSPS) is 10.3. The van der Waals surface area contributed by atoms with Crippen LogP contribution in [-0.2, 0) is 0 Å². The van der Waals surface area contributed by atoms with Crippen molar-refractivity contribution in [3.05, 3.63) is 39.4 Å². The molecule has 2 rings (SSSR count). The second-order valence-corrected chi connectivity index (χ2v) is 4.46. The van der Waals surface area contributed by atoms with Crippen LogP contribution in [0, 0.1) is 6.92 Å². The number of hydrogen-bond acceptors (Lipinski definition) is 4. The Morgan fingerprint density at radius 2 is 2.29 bits per heavy atom. The van der Waals surface area contributed by atoms with Crippen LogP contribution in [-0.4, -0.2) is 16.0 Å². The van der Waals surface area contributed by atoms with E-state index in [1.165, 1.54) is 12.4 Å². The number of aryl methyl sites for hydroxylation is 1. The van der Waals surface area contributed by atoms with E-state index in [4.69, 9.17) is 16.1 Å². The van der Waals surface area contributed by atoms with Crippen LogP contribution in [0.5, 0.6) is 0 Å². The van der Waals surface area contributed by atoms with Gasteiger partial charge in [-0.15, -0.1) is 0 Å². The van der Waals surface area contributed by atoms with E-state index in [1.54, 1.807) is 13.0 Å². The van der Waals surface area contributed by atoms with Gasteiger partial charge in [0.1, 0.15) is 16.5 Å². The van der Waals surface area contributed by atoms with E-state index in [1.807, 2.05) is 0 Å². The molecule has 88 valence electrons. The quantitative estimate of drug-likeness (QED) is 0.865. The third kappa shape index (κ3) is 2.65. The predicted octanol–water partition coefficient (Wildman–Crippen LogP) is 3.05. The van der Waals surface area contributed by atoms with Gasteiger partial charge in [0, 0.05) is 0 Å². The molecule has 2 heterocycles. The van der Waals surface area contributed by atoms with Crippen molar-refractivity contribution in [3.63, 3.8) is 0 Å². The lowest BCUT2D eigenvalue weighted by molar-refractivity contribution is 0.102. The highest BCUT2D eigenvalue weighted by molar-refractivity contribution is 9.10. The molecule has 7 heteroatoms. The summed E-state index contributed by atoms with van der Waals surface area (Å²) in [5.74, 6) is 0.156. The Morgan fingerprint density at radius 1 is 1.53 bits per heavy atom. The third-order valence-corrected chi connectivity index (χ3v) is 3.18. The summed E-state index contributed by atoms with van der Waals surface area (Å²) in [5, 5.41) is 6.53. The SMILES string of the molecule is Cc1oncc1C(=O)Nc1cnc(Cl)c(Br)c1. The Kier molecular flexibility index (Phi) is 3.44. The maximum atomic E-state index is 11.8. The molecule has 0 saturated heterocycles. The van der Waals surface area contributed by atoms with Crippen molar-refractivity contribution < 1.29 is 9.32 Å². The number of carbonyl (C=O) groups excluding carboxylic acids is 1. The first kappa shape index (κ1) is 12.1. The summed E-state index contributed by atoms with van der Waals surface area (Å²) in [4.78, 5) is 15.7. The monoisotopic (exact) mass is 315 g/mol. The minimum absolute atomic E-state index is 0.306. The van der Waals surface area contributed by atoms with Gasteiger partial charge in [0.05, 0.1) is 22.6 Å². The highest BCUT2D eigenvalue weighted by Gasteiger charge is 2.13. The standard InChI is InChI=1S/C10H7BrClN3O2/c1-5-7(4-14-17-5)10(16)15-6-2-8(11)9(12)13-3-6/h2-4H,1H3,(H,15,16). The van der Waals surface area contributed by atoms with E-state index in [-0.39, 0.29) is 5.91 Å². The average molecular weight is 317 g/mol. The van der Waals surface area contributed by atoms with Crippen LogP contribution in [0.15, 0.2) is 27.5 Å². The zero-order valence-electron chi connectivity index (χ0n) is 8.70. The first-order chi connectivity index (χ1) is 8.08. The fraction of sp³-hybridized carbons (Fsp3) is 0.100. The summed E-state index contributed by atoms with van der Waals surface area (Å²) in [5.41, 5.74) is 0.919. The number of amides is 1. The molecule has 0 bridgehead atoms. The van der Waals surface area contributed by atoms with E-state index in [0.717, 1.165) is 0 Å². The van der Waals surface area contributed by atoms with Gasteiger partial charge in [0.15, 0.2) is 0 Å². The van der Waals surface area contributed by atoms with Crippen LogP contribution in [0.25, 0.3) is 0 Å². The molecular weight excluding hydrogens is 309 g/mol. The Labute approximate surface area is 110 Å². The average Bonchev–Trinajstić information content (AvgIpc) is 2.70. The van der Waals surface area contributed by atoms with Crippen LogP contribution < -0.4 is 5.32 Å². The number of carbonyl (C=O) groups is 1. The summed E-state index contributed by atoms with van der Waals surface area (Å²) in [7, 11) is 0. The molecule has 0 aliphatic heterocycles. The lowest BCUT2D eigenvalue weighted by atomic mass is 10.2. The number of nitrogens with one attached hydrogen (secondary N) is 1. The summed E-state index contributed by atoms with van der Waals surface area (Å²) in [6, 6.07) is 1.66. The van der Waals surface area contributed by atoms with Crippen LogP contribution in [0.2, 0.25) is 5.15 Å². The van der Waals surface area contributed by atoms with Gasteiger partial charge in [-0.3, -0.25) is 4.79 Å². The molecule has 2 aromatic rings. The maximum Gasteiger partial charge on any atom is 0.260 e. The van der Waals surface area contributed by atoms with Gasteiger partial charge in [-0.1, -0.05) is 16.8 Å². The van der Waals surface area contributed by atoms with Gasteiger partial charge in [0.2, 0.25) is 0 Å². The number of rotatable bonds is 2. The molecule has 17 heavy (non-hydrogen) atoms. The second kappa shape index (κ2) is 4.85.